The molecule has 0 aliphatic carbocycles. The second-order valence-electron chi connectivity index (χ2n) is 5.68. The lowest BCUT2D eigenvalue weighted by Crippen LogP contribution is -1.78. The van der Waals surface area contributed by atoms with Crippen LogP contribution in [0.15, 0.2) is 69.6 Å². The topological polar surface area (TPSA) is 13.1 Å². The van der Waals surface area contributed by atoms with E-state index in [4.69, 9.17) is 16.0 Å². The molecule has 0 saturated carbocycles. The van der Waals surface area contributed by atoms with E-state index in [1.165, 1.54) is 5.39 Å². The molecule has 0 N–H and O–H groups in total. The molecule has 0 spiro atoms. The van der Waals surface area contributed by atoms with Gasteiger partial charge in [0.05, 0.1) is 9.50 Å². The summed E-state index contributed by atoms with van der Waals surface area (Å²) in [4.78, 5) is 0. The average molecular weight is 382 g/mol. The lowest BCUT2D eigenvalue weighted by atomic mass is 10.0. The zero-order valence-corrected chi connectivity index (χ0v) is 14.3. The molecule has 0 unspecified atom stereocenters. The van der Waals surface area contributed by atoms with Gasteiger partial charge in [-0.05, 0) is 44.2 Å². The van der Waals surface area contributed by atoms with Crippen molar-refractivity contribution in [3.8, 4) is 0 Å². The fourth-order valence-corrected chi connectivity index (χ4v) is 4.31. The first-order valence-electron chi connectivity index (χ1n) is 7.35. The minimum atomic E-state index is 0.749. The number of halogens is 2. The third-order valence-electron chi connectivity index (χ3n) is 4.37. The molecule has 1 nitrogen and oxygen atoms in total. The van der Waals surface area contributed by atoms with Crippen LogP contribution in [0.4, 0.5) is 0 Å². The molecular formula is C20H10BrClO. The summed E-state index contributed by atoms with van der Waals surface area (Å²) in [5.41, 5.74) is 1.66. The predicted molar refractivity (Wildman–Crippen MR) is 101 cm³/mol. The molecule has 1 heterocycles. The second kappa shape index (κ2) is 4.73. The molecule has 0 radical (unpaired) electrons. The molecule has 0 aliphatic rings. The van der Waals surface area contributed by atoms with Crippen molar-refractivity contribution >= 4 is 71.0 Å². The van der Waals surface area contributed by atoms with E-state index in [1.807, 2.05) is 30.3 Å². The van der Waals surface area contributed by atoms with Crippen LogP contribution in [0.25, 0.3) is 43.5 Å². The van der Waals surface area contributed by atoms with Crippen LogP contribution in [0.5, 0.6) is 0 Å². The maximum Gasteiger partial charge on any atom is 0.150 e. The van der Waals surface area contributed by atoms with Gasteiger partial charge in [0.1, 0.15) is 11.2 Å². The molecule has 0 saturated heterocycles. The Hall–Kier alpha value is -2.03. The number of rotatable bonds is 0. The summed E-state index contributed by atoms with van der Waals surface area (Å²) in [7, 11) is 0. The Labute approximate surface area is 145 Å². The number of furan rings is 1. The summed E-state index contributed by atoms with van der Waals surface area (Å²) < 4.78 is 7.12. The molecule has 0 amide bonds. The van der Waals surface area contributed by atoms with Gasteiger partial charge in [0.15, 0.2) is 0 Å². The molecule has 1 aromatic heterocycles. The van der Waals surface area contributed by atoms with Crippen LogP contribution < -0.4 is 0 Å². The van der Waals surface area contributed by atoms with Gasteiger partial charge in [-0.25, -0.2) is 0 Å². The molecule has 110 valence electrons. The fourth-order valence-electron chi connectivity index (χ4n) is 3.29. The maximum atomic E-state index is 6.72. The SMILES string of the molecule is Clc1c2ccccc2cc2oc3c(Br)c4ccccc4cc3c12. The van der Waals surface area contributed by atoms with Crippen molar-refractivity contribution in [1.29, 1.82) is 0 Å². The van der Waals surface area contributed by atoms with E-state index in [0.717, 1.165) is 47.6 Å². The van der Waals surface area contributed by atoms with Crippen LogP contribution >= 0.6 is 27.5 Å². The summed E-state index contributed by atoms with van der Waals surface area (Å²) in [5, 5.41) is 7.21. The zero-order chi connectivity index (χ0) is 15.6. The van der Waals surface area contributed by atoms with Gasteiger partial charge in [0.2, 0.25) is 0 Å². The monoisotopic (exact) mass is 380 g/mol. The second-order valence-corrected chi connectivity index (χ2v) is 6.85. The van der Waals surface area contributed by atoms with Crippen LogP contribution in [0, 0.1) is 0 Å². The Bertz CT molecular complexity index is 1240. The van der Waals surface area contributed by atoms with Crippen molar-refractivity contribution in [2.75, 3.05) is 0 Å². The molecule has 0 fully saturated rings. The summed E-state index contributed by atoms with van der Waals surface area (Å²) >= 11 is 10.4. The Morgan fingerprint density at radius 2 is 1.43 bits per heavy atom. The van der Waals surface area contributed by atoms with Gasteiger partial charge in [-0.2, -0.15) is 0 Å². The van der Waals surface area contributed by atoms with E-state index in [-0.39, 0.29) is 0 Å². The smallest absolute Gasteiger partial charge is 0.150 e. The number of hydrogen-bond donors (Lipinski definition) is 0. The van der Waals surface area contributed by atoms with Gasteiger partial charge in [-0.3, -0.25) is 0 Å². The van der Waals surface area contributed by atoms with E-state index in [0.29, 0.717) is 0 Å². The van der Waals surface area contributed by atoms with Crippen LogP contribution in [0.2, 0.25) is 5.02 Å². The van der Waals surface area contributed by atoms with E-state index in [9.17, 15) is 0 Å². The predicted octanol–water partition coefficient (Wildman–Crippen LogP) is 7.31. The highest BCUT2D eigenvalue weighted by Crippen LogP contribution is 2.43. The Morgan fingerprint density at radius 1 is 0.783 bits per heavy atom. The van der Waals surface area contributed by atoms with Crippen molar-refractivity contribution in [3.05, 3.63) is 70.2 Å². The molecular weight excluding hydrogens is 372 g/mol. The maximum absolute atomic E-state index is 6.72. The molecule has 0 bridgehead atoms. The van der Waals surface area contributed by atoms with E-state index in [2.05, 4.69) is 46.3 Å². The standard InChI is InChI=1S/C20H10BrClO/c21-18-13-7-3-1-5-11(13)9-15-17-16(23-20(15)18)10-12-6-2-4-8-14(12)19(17)22/h1-10H. The van der Waals surface area contributed by atoms with E-state index in [1.54, 1.807) is 0 Å². The molecule has 4 aromatic carbocycles. The quantitative estimate of drug-likeness (QED) is 0.274. The molecule has 5 rings (SSSR count). The van der Waals surface area contributed by atoms with Crippen molar-refractivity contribution in [1.82, 2.24) is 0 Å². The average Bonchev–Trinajstić information content (AvgIpc) is 2.94. The van der Waals surface area contributed by atoms with Crippen LogP contribution in [-0.2, 0) is 0 Å². The lowest BCUT2D eigenvalue weighted by molar-refractivity contribution is 0.668. The largest absolute Gasteiger partial charge is 0.455 e. The highest BCUT2D eigenvalue weighted by atomic mass is 79.9. The summed E-state index contributed by atoms with van der Waals surface area (Å²) in [6.45, 7) is 0. The van der Waals surface area contributed by atoms with E-state index < -0.39 is 0 Å². The first kappa shape index (κ1) is 13.4. The zero-order valence-electron chi connectivity index (χ0n) is 11.9. The van der Waals surface area contributed by atoms with Gasteiger partial charge in [0.25, 0.3) is 0 Å². The van der Waals surface area contributed by atoms with Crippen molar-refractivity contribution in [2.24, 2.45) is 0 Å². The molecule has 23 heavy (non-hydrogen) atoms. The first-order chi connectivity index (χ1) is 11.2. The van der Waals surface area contributed by atoms with Gasteiger partial charge < -0.3 is 4.42 Å². The highest BCUT2D eigenvalue weighted by Gasteiger charge is 2.17. The minimum Gasteiger partial charge on any atom is -0.455 e. The highest BCUT2D eigenvalue weighted by molar-refractivity contribution is 9.10. The molecule has 3 heteroatoms. The number of hydrogen-bond acceptors (Lipinski definition) is 1. The van der Waals surface area contributed by atoms with Crippen molar-refractivity contribution in [2.45, 2.75) is 0 Å². The van der Waals surface area contributed by atoms with Crippen LogP contribution in [0.1, 0.15) is 0 Å². The number of fused-ring (bicyclic) bond motifs is 5. The Kier molecular flexibility index (Phi) is 2.76. The van der Waals surface area contributed by atoms with Gasteiger partial charge in [-0.15, -0.1) is 0 Å². The normalized spacial score (nSPS) is 11.9. The van der Waals surface area contributed by atoms with Gasteiger partial charge in [0, 0.05) is 16.2 Å². The fraction of sp³-hybridized carbons (Fsp3) is 0. The third-order valence-corrected chi connectivity index (χ3v) is 5.55. The van der Waals surface area contributed by atoms with Crippen molar-refractivity contribution < 1.29 is 4.42 Å². The molecule has 0 aliphatic heterocycles. The Balaban J connectivity index is 2.09. The first-order valence-corrected chi connectivity index (χ1v) is 8.52. The molecule has 0 atom stereocenters. The number of benzene rings is 4. The van der Waals surface area contributed by atoms with Crippen LogP contribution in [-0.4, -0.2) is 0 Å². The van der Waals surface area contributed by atoms with Gasteiger partial charge in [-0.1, -0.05) is 60.1 Å². The van der Waals surface area contributed by atoms with Gasteiger partial charge >= 0.3 is 0 Å². The minimum absolute atomic E-state index is 0.749. The molecule has 5 aromatic rings. The third kappa shape index (κ3) is 1.79. The Morgan fingerprint density at radius 3 is 2.22 bits per heavy atom. The summed E-state index contributed by atoms with van der Waals surface area (Å²) in [6.07, 6.45) is 0. The lowest BCUT2D eigenvalue weighted by Gasteiger charge is -2.03. The summed E-state index contributed by atoms with van der Waals surface area (Å²) in [6, 6.07) is 20.6. The summed E-state index contributed by atoms with van der Waals surface area (Å²) in [5.74, 6) is 0. The van der Waals surface area contributed by atoms with E-state index >= 15 is 0 Å². The van der Waals surface area contributed by atoms with Crippen LogP contribution in [0.3, 0.4) is 0 Å². The van der Waals surface area contributed by atoms with Crippen molar-refractivity contribution in [3.63, 3.8) is 0 Å².